The number of hydrogen-bond acceptors (Lipinski definition) is 5. The molecular formula is C17H22N4O5. The average Bonchev–Trinajstić information content (AvgIpc) is 2.58. The highest BCUT2D eigenvalue weighted by Crippen LogP contribution is 2.20. The average molecular weight is 362 g/mol. The van der Waals surface area contributed by atoms with Crippen molar-refractivity contribution < 1.29 is 24.6 Å². The van der Waals surface area contributed by atoms with Crippen molar-refractivity contribution in [3.8, 4) is 0 Å². The summed E-state index contributed by atoms with van der Waals surface area (Å²) in [5, 5.41) is 27.4. The van der Waals surface area contributed by atoms with E-state index in [1.54, 1.807) is 12.1 Å². The Balaban J connectivity index is 2.03. The zero-order valence-electron chi connectivity index (χ0n) is 14.2. The highest BCUT2D eigenvalue weighted by Gasteiger charge is 2.33. The summed E-state index contributed by atoms with van der Waals surface area (Å²) in [5.74, 6) is -1.30. The van der Waals surface area contributed by atoms with Crippen LogP contribution in [0.15, 0.2) is 35.9 Å². The number of carbonyl (C=O) groups is 3. The number of urea groups is 1. The molecule has 1 aliphatic carbocycles. The molecular weight excluding hydrogens is 340 g/mol. The fraction of sp³-hybridized carbons (Fsp3) is 0.353. The van der Waals surface area contributed by atoms with Crippen molar-refractivity contribution in [2.75, 3.05) is 11.9 Å². The SMILES string of the molecule is Cc1ccc(NC(=O)N[C@@H]2C=C(C(=O)NCC(N)=O)C[C@@H](O)[C@@H]2O)cc1. The zero-order valence-corrected chi connectivity index (χ0v) is 14.2. The number of primary amides is 1. The van der Waals surface area contributed by atoms with Crippen molar-refractivity contribution in [3.05, 3.63) is 41.5 Å². The van der Waals surface area contributed by atoms with Crippen LogP contribution in [0.25, 0.3) is 0 Å². The molecule has 9 nitrogen and oxygen atoms in total. The number of carbonyl (C=O) groups excluding carboxylic acids is 3. The fourth-order valence-electron chi connectivity index (χ4n) is 2.50. The molecule has 26 heavy (non-hydrogen) atoms. The minimum Gasteiger partial charge on any atom is -0.390 e. The molecule has 7 N–H and O–H groups in total. The van der Waals surface area contributed by atoms with Gasteiger partial charge in [0.1, 0.15) is 6.10 Å². The minimum absolute atomic E-state index is 0.108. The standard InChI is InChI=1S/C17H22N4O5/c1-9-2-4-11(5-3-9)20-17(26)21-12-6-10(7-13(22)15(12)24)16(25)19-8-14(18)23/h2-6,12-13,15,22,24H,7-8H2,1H3,(H2,18,23)(H,19,25)(H2,20,21,26)/t12-,13-,15-/m1/s1. The lowest BCUT2D eigenvalue weighted by atomic mass is 9.90. The Hall–Kier alpha value is -2.91. The molecule has 0 spiro atoms. The molecule has 4 amide bonds. The monoisotopic (exact) mass is 362 g/mol. The smallest absolute Gasteiger partial charge is 0.319 e. The minimum atomic E-state index is -1.27. The number of aliphatic hydroxyl groups is 2. The van der Waals surface area contributed by atoms with Crippen molar-refractivity contribution in [2.45, 2.75) is 31.6 Å². The van der Waals surface area contributed by atoms with Crippen LogP contribution in [0.2, 0.25) is 0 Å². The van der Waals surface area contributed by atoms with Gasteiger partial charge in [-0.3, -0.25) is 9.59 Å². The lowest BCUT2D eigenvalue weighted by Crippen LogP contribution is -2.52. The summed E-state index contributed by atoms with van der Waals surface area (Å²) >= 11 is 0. The van der Waals surface area contributed by atoms with Crippen molar-refractivity contribution in [3.63, 3.8) is 0 Å². The second-order valence-electron chi connectivity index (χ2n) is 6.09. The number of rotatable bonds is 5. The van der Waals surface area contributed by atoms with E-state index < -0.39 is 36.1 Å². The first-order valence-corrected chi connectivity index (χ1v) is 8.04. The molecule has 0 bridgehead atoms. The maximum absolute atomic E-state index is 12.1. The predicted octanol–water partition coefficient (Wildman–Crippen LogP) is -0.861. The Bertz CT molecular complexity index is 716. The molecule has 1 aromatic rings. The molecule has 0 radical (unpaired) electrons. The number of aryl methyl sites for hydroxylation is 1. The number of nitrogens with one attached hydrogen (secondary N) is 3. The molecule has 0 aromatic heterocycles. The highest BCUT2D eigenvalue weighted by molar-refractivity contribution is 5.96. The van der Waals surface area contributed by atoms with E-state index in [1.165, 1.54) is 6.08 Å². The van der Waals surface area contributed by atoms with Gasteiger partial charge in [-0.25, -0.2) is 4.79 Å². The van der Waals surface area contributed by atoms with Crippen molar-refractivity contribution in [1.29, 1.82) is 0 Å². The van der Waals surface area contributed by atoms with E-state index >= 15 is 0 Å². The third kappa shape index (κ3) is 5.30. The Kier molecular flexibility index (Phi) is 6.31. The number of aliphatic hydroxyl groups excluding tert-OH is 2. The van der Waals surface area contributed by atoms with Gasteiger partial charge in [0.15, 0.2) is 0 Å². The largest absolute Gasteiger partial charge is 0.390 e. The van der Waals surface area contributed by atoms with E-state index in [0.29, 0.717) is 5.69 Å². The molecule has 2 rings (SSSR count). The molecule has 1 aliphatic rings. The Morgan fingerprint density at radius 3 is 2.46 bits per heavy atom. The molecule has 0 aliphatic heterocycles. The zero-order chi connectivity index (χ0) is 19.3. The van der Waals surface area contributed by atoms with Gasteiger partial charge in [0.05, 0.1) is 18.7 Å². The van der Waals surface area contributed by atoms with Crippen LogP contribution in [0.1, 0.15) is 12.0 Å². The van der Waals surface area contributed by atoms with Crippen LogP contribution in [-0.4, -0.2) is 52.9 Å². The highest BCUT2D eigenvalue weighted by atomic mass is 16.3. The summed E-state index contributed by atoms with van der Waals surface area (Å²) in [4.78, 5) is 34.8. The number of hydrogen-bond donors (Lipinski definition) is 6. The molecule has 0 unspecified atom stereocenters. The Labute approximate surface area is 150 Å². The molecule has 0 saturated heterocycles. The quantitative estimate of drug-likeness (QED) is 0.402. The van der Waals surface area contributed by atoms with Gasteiger partial charge in [-0.15, -0.1) is 0 Å². The van der Waals surface area contributed by atoms with Crippen LogP contribution >= 0.6 is 0 Å². The number of amides is 4. The van der Waals surface area contributed by atoms with E-state index in [9.17, 15) is 24.6 Å². The molecule has 1 aromatic carbocycles. The van der Waals surface area contributed by atoms with E-state index in [1.807, 2.05) is 19.1 Å². The third-order valence-corrected chi connectivity index (χ3v) is 3.89. The van der Waals surface area contributed by atoms with Crippen LogP contribution in [-0.2, 0) is 9.59 Å². The molecule has 0 saturated carbocycles. The second kappa shape index (κ2) is 8.45. The van der Waals surface area contributed by atoms with Gasteiger partial charge in [0.25, 0.3) is 0 Å². The first-order chi connectivity index (χ1) is 12.3. The summed E-state index contributed by atoms with van der Waals surface area (Å²) in [7, 11) is 0. The number of anilines is 1. The summed E-state index contributed by atoms with van der Waals surface area (Å²) in [6.07, 6.45) is -1.27. The van der Waals surface area contributed by atoms with Gasteiger partial charge in [0.2, 0.25) is 11.8 Å². The topological polar surface area (TPSA) is 154 Å². The second-order valence-corrected chi connectivity index (χ2v) is 6.09. The maximum atomic E-state index is 12.1. The van der Waals surface area contributed by atoms with Gasteiger partial charge in [-0.05, 0) is 19.1 Å². The van der Waals surface area contributed by atoms with Crippen LogP contribution < -0.4 is 21.7 Å². The molecule has 0 fully saturated rings. The fourth-order valence-corrected chi connectivity index (χ4v) is 2.50. The summed E-state index contributed by atoms with van der Waals surface area (Å²) in [6.45, 7) is 1.57. The van der Waals surface area contributed by atoms with Crippen LogP contribution in [0, 0.1) is 6.92 Å². The molecule has 3 atom stereocenters. The number of nitrogens with two attached hydrogens (primary N) is 1. The summed E-state index contributed by atoms with van der Waals surface area (Å²) < 4.78 is 0. The lowest BCUT2D eigenvalue weighted by molar-refractivity contribution is -0.123. The molecule has 9 heteroatoms. The first kappa shape index (κ1) is 19.4. The molecule has 140 valence electrons. The Morgan fingerprint density at radius 1 is 1.19 bits per heavy atom. The molecule has 0 heterocycles. The van der Waals surface area contributed by atoms with Crippen molar-refractivity contribution in [2.24, 2.45) is 5.73 Å². The normalized spacial score (nSPS) is 22.1. The van der Waals surface area contributed by atoms with Crippen LogP contribution in [0.3, 0.4) is 0 Å². The van der Waals surface area contributed by atoms with E-state index in [-0.39, 0.29) is 18.5 Å². The van der Waals surface area contributed by atoms with E-state index in [4.69, 9.17) is 5.73 Å². The van der Waals surface area contributed by atoms with Gasteiger partial charge < -0.3 is 31.9 Å². The van der Waals surface area contributed by atoms with Gasteiger partial charge in [-0.1, -0.05) is 23.8 Å². The number of benzene rings is 1. The maximum Gasteiger partial charge on any atom is 0.319 e. The predicted molar refractivity (Wildman–Crippen MR) is 94.0 cm³/mol. The lowest BCUT2D eigenvalue weighted by Gasteiger charge is -2.31. The van der Waals surface area contributed by atoms with Crippen molar-refractivity contribution in [1.82, 2.24) is 10.6 Å². The van der Waals surface area contributed by atoms with E-state index in [0.717, 1.165) is 5.56 Å². The van der Waals surface area contributed by atoms with Gasteiger partial charge >= 0.3 is 6.03 Å². The van der Waals surface area contributed by atoms with Crippen LogP contribution in [0.4, 0.5) is 10.5 Å². The summed E-state index contributed by atoms with van der Waals surface area (Å²) in [6, 6.07) is 5.53. The first-order valence-electron chi connectivity index (χ1n) is 8.04. The van der Waals surface area contributed by atoms with Gasteiger partial charge in [0, 0.05) is 17.7 Å². The van der Waals surface area contributed by atoms with Crippen molar-refractivity contribution >= 4 is 23.5 Å². The van der Waals surface area contributed by atoms with Gasteiger partial charge in [-0.2, -0.15) is 0 Å². The Morgan fingerprint density at radius 2 is 1.85 bits per heavy atom. The van der Waals surface area contributed by atoms with E-state index in [2.05, 4.69) is 16.0 Å². The van der Waals surface area contributed by atoms with Crippen LogP contribution in [0.5, 0.6) is 0 Å². The summed E-state index contributed by atoms with van der Waals surface area (Å²) in [5.41, 5.74) is 6.71. The third-order valence-electron chi connectivity index (χ3n) is 3.89.